The smallest absolute Gasteiger partial charge is 0.293 e. The minimum Gasteiger partial charge on any atom is -0.359 e. The Kier molecular flexibility index (Phi) is 2.95. The third-order valence-electron chi connectivity index (χ3n) is 3.39. The van der Waals surface area contributed by atoms with Crippen LogP contribution in [0.5, 0.6) is 0 Å². The van der Waals surface area contributed by atoms with Crippen molar-refractivity contribution in [3.8, 4) is 0 Å². The second kappa shape index (κ2) is 4.14. The van der Waals surface area contributed by atoms with Crippen molar-refractivity contribution in [2.24, 2.45) is 5.73 Å². The Hall–Kier alpha value is -1.36. The maximum atomic E-state index is 12.1. The van der Waals surface area contributed by atoms with Gasteiger partial charge >= 0.3 is 0 Å². The monoisotopic (exact) mass is 236 g/mol. The Morgan fingerprint density at radius 2 is 2.24 bits per heavy atom. The molecule has 0 saturated heterocycles. The van der Waals surface area contributed by atoms with E-state index in [9.17, 15) is 4.79 Å². The molecule has 0 aromatic carbocycles. The number of nitrogens with one attached hydrogen (secondary N) is 1. The Labute approximate surface area is 101 Å². The molecular weight excluding hydrogens is 216 g/mol. The molecule has 2 rings (SSSR count). The molecule has 0 radical (unpaired) electrons. The van der Waals surface area contributed by atoms with Crippen LogP contribution in [0.25, 0.3) is 0 Å². The number of hydrogen-bond donors (Lipinski definition) is 2. The van der Waals surface area contributed by atoms with Gasteiger partial charge in [-0.3, -0.25) is 4.79 Å². The van der Waals surface area contributed by atoms with Crippen molar-refractivity contribution in [2.45, 2.75) is 51.2 Å². The van der Waals surface area contributed by atoms with E-state index < -0.39 is 0 Å². The van der Waals surface area contributed by atoms with Crippen LogP contribution in [0.3, 0.4) is 0 Å². The highest BCUT2D eigenvalue weighted by atomic mass is 16.1. The van der Waals surface area contributed by atoms with Gasteiger partial charge in [-0.25, -0.2) is 4.98 Å². The van der Waals surface area contributed by atoms with Crippen molar-refractivity contribution < 1.29 is 0 Å². The summed E-state index contributed by atoms with van der Waals surface area (Å²) < 4.78 is 1.76. The number of nitrogens with zero attached hydrogens (tertiary/aromatic N) is 2. The fourth-order valence-electron chi connectivity index (χ4n) is 1.57. The number of rotatable bonds is 4. The highest BCUT2D eigenvalue weighted by Crippen LogP contribution is 2.33. The maximum absolute atomic E-state index is 12.1. The topological polar surface area (TPSA) is 72.9 Å². The third kappa shape index (κ3) is 2.49. The maximum Gasteiger partial charge on any atom is 0.293 e. The van der Waals surface area contributed by atoms with Crippen molar-refractivity contribution in [2.75, 3.05) is 5.32 Å². The summed E-state index contributed by atoms with van der Waals surface area (Å²) >= 11 is 0. The molecule has 1 atom stereocenters. The van der Waals surface area contributed by atoms with Crippen LogP contribution in [-0.4, -0.2) is 21.1 Å². The van der Waals surface area contributed by atoms with Crippen molar-refractivity contribution in [1.29, 1.82) is 0 Å². The number of aromatic nitrogens is 2. The summed E-state index contributed by atoms with van der Waals surface area (Å²) in [4.78, 5) is 16.3. The molecule has 17 heavy (non-hydrogen) atoms. The van der Waals surface area contributed by atoms with Crippen LogP contribution < -0.4 is 16.6 Å². The van der Waals surface area contributed by atoms with Crippen LogP contribution in [-0.2, 0) is 0 Å². The number of hydrogen-bond acceptors (Lipinski definition) is 4. The average molecular weight is 236 g/mol. The van der Waals surface area contributed by atoms with Gasteiger partial charge in [-0.2, -0.15) is 0 Å². The average Bonchev–Trinajstić information content (AvgIpc) is 3.04. The molecular formula is C12H20N4O. The van der Waals surface area contributed by atoms with Gasteiger partial charge in [-0.05, 0) is 33.6 Å². The van der Waals surface area contributed by atoms with E-state index in [1.807, 2.05) is 20.8 Å². The van der Waals surface area contributed by atoms with E-state index in [1.165, 1.54) is 0 Å². The van der Waals surface area contributed by atoms with Crippen molar-refractivity contribution in [3.05, 3.63) is 22.7 Å². The zero-order valence-electron chi connectivity index (χ0n) is 10.6. The third-order valence-corrected chi connectivity index (χ3v) is 3.39. The van der Waals surface area contributed by atoms with E-state index in [2.05, 4.69) is 10.3 Å². The molecule has 5 nitrogen and oxygen atoms in total. The summed E-state index contributed by atoms with van der Waals surface area (Å²) in [6.07, 6.45) is 5.59. The minimum atomic E-state index is -0.352. The number of nitrogens with two attached hydrogens (primary N) is 1. The van der Waals surface area contributed by atoms with Crippen molar-refractivity contribution in [1.82, 2.24) is 9.55 Å². The Bertz CT molecular complexity index is 460. The van der Waals surface area contributed by atoms with Crippen molar-refractivity contribution in [3.63, 3.8) is 0 Å². The van der Waals surface area contributed by atoms with Crippen LogP contribution >= 0.6 is 0 Å². The van der Waals surface area contributed by atoms with Crippen LogP contribution in [0.4, 0.5) is 5.82 Å². The normalized spacial score (nSPS) is 17.9. The van der Waals surface area contributed by atoms with E-state index in [4.69, 9.17) is 5.73 Å². The van der Waals surface area contributed by atoms with E-state index in [0.29, 0.717) is 11.9 Å². The molecule has 0 amide bonds. The molecule has 3 N–H and O–H groups in total. The minimum absolute atomic E-state index is 0.0521. The van der Waals surface area contributed by atoms with Crippen LogP contribution in [0, 0.1) is 0 Å². The van der Waals surface area contributed by atoms with Gasteiger partial charge in [0, 0.05) is 30.0 Å². The first-order valence-corrected chi connectivity index (χ1v) is 6.03. The van der Waals surface area contributed by atoms with Gasteiger partial charge in [0.15, 0.2) is 5.82 Å². The molecule has 0 spiro atoms. The van der Waals surface area contributed by atoms with E-state index >= 15 is 0 Å². The Balaban J connectivity index is 2.27. The molecule has 0 bridgehead atoms. The second-order valence-electron chi connectivity index (χ2n) is 5.35. The Morgan fingerprint density at radius 1 is 1.59 bits per heavy atom. The summed E-state index contributed by atoms with van der Waals surface area (Å²) in [5, 5.41) is 3.14. The highest BCUT2D eigenvalue weighted by Gasteiger charge is 2.28. The predicted molar refractivity (Wildman–Crippen MR) is 68.1 cm³/mol. The predicted octanol–water partition coefficient (Wildman–Crippen LogP) is 1.12. The first kappa shape index (κ1) is 12.1. The first-order valence-electron chi connectivity index (χ1n) is 6.03. The largest absolute Gasteiger partial charge is 0.359 e. The molecule has 94 valence electrons. The molecule has 1 aromatic rings. The molecule has 1 aliphatic carbocycles. The lowest BCUT2D eigenvalue weighted by molar-refractivity contribution is 0.467. The summed E-state index contributed by atoms with van der Waals surface area (Å²) in [7, 11) is 0. The SMILES string of the molecule is CC(N)C(C)(C)Nc1nccn(C2CC2)c1=O. The number of anilines is 1. The zero-order valence-corrected chi connectivity index (χ0v) is 10.6. The molecule has 1 heterocycles. The van der Waals surface area contributed by atoms with Gasteiger partial charge in [-0.1, -0.05) is 0 Å². The first-order chi connectivity index (χ1) is 7.92. The standard InChI is InChI=1S/C12H20N4O/c1-8(13)12(2,3)15-10-11(17)16(7-6-14-10)9-4-5-9/h6-9H,4-5,13H2,1-3H3,(H,14,15). The lowest BCUT2D eigenvalue weighted by Gasteiger charge is -2.30. The van der Waals surface area contributed by atoms with Crippen LogP contribution in [0.15, 0.2) is 17.2 Å². The lowest BCUT2D eigenvalue weighted by Crippen LogP contribution is -2.48. The molecule has 5 heteroatoms. The molecule has 1 aromatic heterocycles. The van der Waals surface area contributed by atoms with Crippen molar-refractivity contribution >= 4 is 5.82 Å². The summed E-state index contributed by atoms with van der Waals surface area (Å²) in [5.74, 6) is 0.390. The molecule has 0 aliphatic heterocycles. The quantitative estimate of drug-likeness (QED) is 0.821. The van der Waals surface area contributed by atoms with E-state index in [1.54, 1.807) is 17.0 Å². The van der Waals surface area contributed by atoms with Gasteiger partial charge < -0.3 is 15.6 Å². The van der Waals surface area contributed by atoms with Crippen LogP contribution in [0.2, 0.25) is 0 Å². The van der Waals surface area contributed by atoms with Gasteiger partial charge in [0.25, 0.3) is 5.56 Å². The fourth-order valence-corrected chi connectivity index (χ4v) is 1.57. The molecule has 1 saturated carbocycles. The van der Waals surface area contributed by atoms with E-state index in [-0.39, 0.29) is 17.1 Å². The molecule has 1 aliphatic rings. The summed E-state index contributed by atoms with van der Waals surface area (Å²) in [5.41, 5.74) is 5.47. The molecule has 1 unspecified atom stereocenters. The van der Waals surface area contributed by atoms with Gasteiger partial charge in [0.1, 0.15) is 0 Å². The van der Waals surface area contributed by atoms with Gasteiger partial charge in [0.05, 0.1) is 0 Å². The fraction of sp³-hybridized carbons (Fsp3) is 0.667. The second-order valence-corrected chi connectivity index (χ2v) is 5.35. The highest BCUT2D eigenvalue weighted by molar-refractivity contribution is 5.35. The Morgan fingerprint density at radius 3 is 2.76 bits per heavy atom. The van der Waals surface area contributed by atoms with Crippen LogP contribution in [0.1, 0.15) is 39.7 Å². The summed E-state index contributed by atoms with van der Waals surface area (Å²) in [6, 6.07) is 0.294. The summed E-state index contributed by atoms with van der Waals surface area (Å²) in [6.45, 7) is 5.84. The zero-order chi connectivity index (χ0) is 12.6. The van der Waals surface area contributed by atoms with E-state index in [0.717, 1.165) is 12.8 Å². The molecule has 1 fully saturated rings. The lowest BCUT2D eigenvalue weighted by atomic mass is 9.97. The van der Waals surface area contributed by atoms with Gasteiger partial charge in [-0.15, -0.1) is 0 Å². The van der Waals surface area contributed by atoms with Gasteiger partial charge in [0.2, 0.25) is 0 Å².